The molecule has 1 aliphatic carbocycles. The highest BCUT2D eigenvalue weighted by Crippen LogP contribution is 2.34. The van der Waals surface area contributed by atoms with E-state index in [0.29, 0.717) is 31.5 Å². The molecule has 0 saturated heterocycles. The number of hydrogen-bond acceptors (Lipinski definition) is 6. The second-order valence-electron chi connectivity index (χ2n) is 10.5. The van der Waals surface area contributed by atoms with E-state index >= 15 is 0 Å². The molecular weight excluding hydrogens is 501 g/mol. The van der Waals surface area contributed by atoms with E-state index in [2.05, 4.69) is 20.9 Å². The fourth-order valence-electron chi connectivity index (χ4n) is 4.76. The van der Waals surface area contributed by atoms with Crippen molar-refractivity contribution in [1.29, 1.82) is 0 Å². The van der Waals surface area contributed by atoms with Gasteiger partial charge < -0.3 is 25.6 Å². The van der Waals surface area contributed by atoms with Gasteiger partial charge >= 0.3 is 0 Å². The maximum atomic E-state index is 14.7. The van der Waals surface area contributed by atoms with Crippen molar-refractivity contribution in [1.82, 2.24) is 25.8 Å². The number of aromatic nitrogens is 1. The van der Waals surface area contributed by atoms with Gasteiger partial charge in [0.1, 0.15) is 18.2 Å². The van der Waals surface area contributed by atoms with Crippen LogP contribution in [0.2, 0.25) is 0 Å². The van der Waals surface area contributed by atoms with Crippen molar-refractivity contribution in [3.8, 4) is 5.75 Å². The molecule has 2 heterocycles. The lowest BCUT2D eigenvalue weighted by Crippen LogP contribution is -2.57. The van der Waals surface area contributed by atoms with Crippen LogP contribution < -0.4 is 20.7 Å². The molecule has 0 bridgehead atoms. The van der Waals surface area contributed by atoms with Crippen LogP contribution in [0.1, 0.15) is 44.2 Å². The Morgan fingerprint density at radius 2 is 1.90 bits per heavy atom. The van der Waals surface area contributed by atoms with Crippen molar-refractivity contribution in [3.05, 3.63) is 59.7 Å². The first kappa shape index (κ1) is 28.5. The third-order valence-electron chi connectivity index (χ3n) is 7.38. The highest BCUT2D eigenvalue weighted by molar-refractivity contribution is 5.93. The molecule has 1 saturated carbocycles. The highest BCUT2D eigenvalue weighted by atomic mass is 19.1. The third-order valence-corrected chi connectivity index (χ3v) is 7.38. The van der Waals surface area contributed by atoms with E-state index < -0.39 is 36.0 Å². The summed E-state index contributed by atoms with van der Waals surface area (Å²) in [6, 6.07) is 6.32. The maximum absolute atomic E-state index is 14.7. The molecule has 0 radical (unpaired) electrons. The van der Waals surface area contributed by atoms with Crippen molar-refractivity contribution in [2.24, 2.45) is 5.92 Å². The third kappa shape index (κ3) is 7.53. The molecule has 1 aromatic heterocycles. The van der Waals surface area contributed by atoms with E-state index in [1.165, 1.54) is 11.0 Å². The first-order valence-corrected chi connectivity index (χ1v) is 13.7. The number of ether oxygens (including phenoxy) is 1. The van der Waals surface area contributed by atoms with E-state index in [1.807, 2.05) is 19.1 Å². The van der Waals surface area contributed by atoms with E-state index in [0.717, 1.165) is 18.4 Å². The first-order chi connectivity index (χ1) is 18.7. The van der Waals surface area contributed by atoms with Gasteiger partial charge in [-0.2, -0.15) is 0 Å². The highest BCUT2D eigenvalue weighted by Gasteiger charge is 2.39. The topological polar surface area (TPSA) is 113 Å². The Kier molecular flexibility index (Phi) is 9.50. The van der Waals surface area contributed by atoms with Crippen molar-refractivity contribution < 1.29 is 23.5 Å². The van der Waals surface area contributed by atoms with Crippen LogP contribution in [-0.4, -0.2) is 72.0 Å². The molecule has 9 nitrogen and oxygen atoms in total. The SMILES string of the molecule is C[C@@H]1CN[C@@H](C2CC2)C(=O)N(C)[C@H](C)C(=O)N[C@H](Cc2cccnc2)C(=O)NCCCc2cccc(F)c2O1. The lowest BCUT2D eigenvalue weighted by Gasteiger charge is -2.31. The molecule has 3 amide bonds. The predicted octanol–water partition coefficient (Wildman–Crippen LogP) is 1.99. The molecule has 0 spiro atoms. The number of halogens is 1. The number of nitrogens with zero attached hydrogens (tertiary/aromatic N) is 2. The Morgan fingerprint density at radius 3 is 2.62 bits per heavy atom. The first-order valence-electron chi connectivity index (χ1n) is 13.7. The number of nitrogens with one attached hydrogen (secondary N) is 3. The Morgan fingerprint density at radius 1 is 1.10 bits per heavy atom. The Hall–Kier alpha value is -3.53. The number of carbonyl (C=O) groups excluding carboxylic acids is 3. The minimum atomic E-state index is -0.849. The van der Waals surface area contributed by atoms with E-state index in [1.54, 1.807) is 38.5 Å². The van der Waals surface area contributed by atoms with Gasteiger partial charge in [0, 0.05) is 39.0 Å². The normalized spacial score (nSPS) is 25.9. The lowest BCUT2D eigenvalue weighted by atomic mass is 10.1. The van der Waals surface area contributed by atoms with Crippen LogP contribution in [0.4, 0.5) is 4.39 Å². The zero-order valence-corrected chi connectivity index (χ0v) is 22.8. The molecule has 2 aliphatic rings. The molecule has 10 heteroatoms. The summed E-state index contributed by atoms with van der Waals surface area (Å²) in [4.78, 5) is 45.4. The summed E-state index contributed by atoms with van der Waals surface area (Å²) in [5.74, 6) is -1.03. The lowest BCUT2D eigenvalue weighted by molar-refractivity contribution is -0.141. The molecule has 4 atom stereocenters. The Bertz CT molecular complexity index is 1160. The van der Waals surface area contributed by atoms with Gasteiger partial charge in [0.2, 0.25) is 17.7 Å². The minimum Gasteiger partial charge on any atom is -0.486 e. The number of fused-ring (bicyclic) bond motifs is 1. The van der Waals surface area contributed by atoms with Gasteiger partial charge in [0.25, 0.3) is 0 Å². The van der Waals surface area contributed by atoms with Gasteiger partial charge in [-0.05, 0) is 68.7 Å². The largest absolute Gasteiger partial charge is 0.486 e. The Labute approximate surface area is 228 Å². The number of benzene rings is 1. The van der Waals surface area contributed by atoms with E-state index in [9.17, 15) is 18.8 Å². The van der Waals surface area contributed by atoms with Gasteiger partial charge in [-0.1, -0.05) is 18.2 Å². The van der Waals surface area contributed by atoms with Crippen LogP contribution in [0, 0.1) is 11.7 Å². The standard InChI is InChI=1S/C29H38FN5O4/c1-18-16-33-25(21-11-12-21)29(38)35(3)19(2)27(36)34-24(15-20-7-5-13-31-17-20)28(37)32-14-6-9-22-8-4-10-23(30)26(22)39-18/h4-5,7-8,10,13,17-19,21,24-25,33H,6,9,11-12,14-16H2,1-3H3,(H,32,37)(H,34,36)/t18-,19-,24-,25+/m1/s1. The summed E-state index contributed by atoms with van der Waals surface area (Å²) >= 11 is 0. The Balaban J connectivity index is 1.58. The average Bonchev–Trinajstić information content (AvgIpc) is 3.77. The van der Waals surface area contributed by atoms with Gasteiger partial charge in [-0.3, -0.25) is 19.4 Å². The second-order valence-corrected chi connectivity index (χ2v) is 10.5. The number of likely N-dealkylation sites (N-methyl/N-ethyl adjacent to an activating group) is 1. The summed E-state index contributed by atoms with van der Waals surface area (Å²) < 4.78 is 20.7. The average molecular weight is 540 g/mol. The predicted molar refractivity (Wildman–Crippen MR) is 144 cm³/mol. The molecule has 0 unspecified atom stereocenters. The molecule has 1 aromatic carbocycles. The zero-order valence-electron chi connectivity index (χ0n) is 22.8. The molecule has 210 valence electrons. The maximum Gasteiger partial charge on any atom is 0.243 e. The molecule has 3 N–H and O–H groups in total. The van der Waals surface area contributed by atoms with Crippen molar-refractivity contribution >= 4 is 17.7 Å². The molecule has 4 rings (SSSR count). The van der Waals surface area contributed by atoms with Gasteiger partial charge in [0.15, 0.2) is 11.6 Å². The molecule has 39 heavy (non-hydrogen) atoms. The summed E-state index contributed by atoms with van der Waals surface area (Å²) in [5.41, 5.74) is 1.51. The number of hydrogen-bond donors (Lipinski definition) is 3. The van der Waals surface area contributed by atoms with Crippen LogP contribution >= 0.6 is 0 Å². The number of amides is 3. The molecule has 1 fully saturated rings. The summed E-state index contributed by atoms with van der Waals surface area (Å²) in [6.45, 7) is 4.17. The van der Waals surface area contributed by atoms with Crippen molar-refractivity contribution in [2.45, 2.75) is 70.2 Å². The summed E-state index contributed by atoms with van der Waals surface area (Å²) in [6.07, 6.45) is 6.04. The summed E-state index contributed by atoms with van der Waals surface area (Å²) in [5, 5.41) is 9.05. The summed E-state index contributed by atoms with van der Waals surface area (Å²) in [7, 11) is 1.60. The van der Waals surface area contributed by atoms with Crippen LogP contribution in [0.5, 0.6) is 5.75 Å². The van der Waals surface area contributed by atoms with E-state index in [-0.39, 0.29) is 29.9 Å². The van der Waals surface area contributed by atoms with Crippen LogP contribution in [0.15, 0.2) is 42.7 Å². The number of pyridine rings is 1. The van der Waals surface area contributed by atoms with Crippen molar-refractivity contribution in [2.75, 3.05) is 20.1 Å². The number of aryl methyl sites for hydroxylation is 1. The monoisotopic (exact) mass is 539 g/mol. The fourth-order valence-corrected chi connectivity index (χ4v) is 4.76. The quantitative estimate of drug-likeness (QED) is 0.550. The van der Waals surface area contributed by atoms with E-state index in [4.69, 9.17) is 4.74 Å². The molecular formula is C29H38FN5O4. The van der Waals surface area contributed by atoms with Gasteiger partial charge in [-0.15, -0.1) is 0 Å². The second kappa shape index (κ2) is 13.0. The zero-order chi connectivity index (χ0) is 27.9. The van der Waals surface area contributed by atoms with Crippen LogP contribution in [-0.2, 0) is 27.2 Å². The van der Waals surface area contributed by atoms with Crippen LogP contribution in [0.3, 0.4) is 0 Å². The fraction of sp³-hybridized carbons (Fsp3) is 0.517. The number of carbonyl (C=O) groups is 3. The van der Waals surface area contributed by atoms with Gasteiger partial charge in [0.05, 0.1) is 6.04 Å². The smallest absolute Gasteiger partial charge is 0.243 e. The number of para-hydroxylation sites is 1. The van der Waals surface area contributed by atoms with Crippen LogP contribution in [0.25, 0.3) is 0 Å². The van der Waals surface area contributed by atoms with Gasteiger partial charge in [-0.25, -0.2) is 4.39 Å². The number of rotatable bonds is 3. The molecule has 1 aliphatic heterocycles. The van der Waals surface area contributed by atoms with Crippen molar-refractivity contribution in [3.63, 3.8) is 0 Å². The minimum absolute atomic E-state index is 0.168. The molecule has 2 aromatic rings.